The first-order valence-electron chi connectivity index (χ1n) is 22.2. The highest BCUT2D eigenvalue weighted by Gasteiger charge is 2.23. The van der Waals surface area contributed by atoms with Gasteiger partial charge in [0.1, 0.15) is 22.3 Å². The van der Waals surface area contributed by atoms with Crippen molar-refractivity contribution < 1.29 is 8.83 Å². The van der Waals surface area contributed by atoms with Crippen molar-refractivity contribution in [3.63, 3.8) is 0 Å². The number of furan rings is 2. The van der Waals surface area contributed by atoms with Crippen LogP contribution in [0.1, 0.15) is 0 Å². The van der Waals surface area contributed by atoms with E-state index in [4.69, 9.17) is 8.83 Å². The second kappa shape index (κ2) is 15.0. The molecule has 0 amide bonds. The summed E-state index contributed by atoms with van der Waals surface area (Å²) >= 11 is 0. The van der Waals surface area contributed by atoms with Gasteiger partial charge in [-0.2, -0.15) is 0 Å². The van der Waals surface area contributed by atoms with E-state index in [0.717, 1.165) is 94.3 Å². The number of anilines is 3. The zero-order chi connectivity index (χ0) is 42.8. The average Bonchev–Trinajstić information content (AvgIpc) is 3.97. The SMILES string of the molecule is c1ccc(-c2ccc(-c3ccc(N(c4ccc(-c5cccc6oc7c(-c8ccccc8)cccc7c56)cc4)c4ccc5ccc6ccccc6c5c4)c4c3oc3ccccc34)cc2)cc1. The first-order chi connectivity index (χ1) is 32.2. The quantitative estimate of drug-likeness (QED) is 0.150. The number of hydrogen-bond acceptors (Lipinski definition) is 3. The van der Waals surface area contributed by atoms with E-state index in [1.165, 1.54) is 32.7 Å². The van der Waals surface area contributed by atoms with E-state index in [1.54, 1.807) is 0 Å². The Morgan fingerprint density at radius 1 is 0.277 bits per heavy atom. The van der Waals surface area contributed by atoms with Crippen molar-refractivity contribution in [2.75, 3.05) is 4.90 Å². The molecule has 3 heteroatoms. The third kappa shape index (κ3) is 6.12. The van der Waals surface area contributed by atoms with Gasteiger partial charge in [-0.15, -0.1) is 0 Å². The zero-order valence-corrected chi connectivity index (χ0v) is 35.3. The second-order valence-corrected chi connectivity index (χ2v) is 16.8. The average molecular weight is 830 g/mol. The maximum atomic E-state index is 6.89. The van der Waals surface area contributed by atoms with Crippen molar-refractivity contribution in [2.45, 2.75) is 0 Å². The second-order valence-electron chi connectivity index (χ2n) is 16.8. The normalized spacial score (nSPS) is 11.7. The third-order valence-corrected chi connectivity index (χ3v) is 13.1. The molecule has 13 rings (SSSR count). The Labute approximate surface area is 375 Å². The van der Waals surface area contributed by atoms with Crippen LogP contribution >= 0.6 is 0 Å². The molecule has 0 N–H and O–H groups in total. The van der Waals surface area contributed by atoms with Crippen LogP contribution in [0.25, 0.3) is 110 Å². The van der Waals surface area contributed by atoms with Gasteiger partial charge >= 0.3 is 0 Å². The molecule has 11 aromatic carbocycles. The molecular weight excluding hydrogens is 791 g/mol. The fourth-order valence-electron chi connectivity index (χ4n) is 9.98. The largest absolute Gasteiger partial charge is 0.455 e. The summed E-state index contributed by atoms with van der Waals surface area (Å²) in [5.41, 5.74) is 15.6. The highest BCUT2D eigenvalue weighted by atomic mass is 16.3. The Morgan fingerprint density at radius 3 is 1.62 bits per heavy atom. The first-order valence-corrected chi connectivity index (χ1v) is 22.2. The summed E-state index contributed by atoms with van der Waals surface area (Å²) in [5, 5.41) is 9.21. The molecule has 0 bridgehead atoms. The minimum absolute atomic E-state index is 0.854. The molecule has 0 aliphatic heterocycles. The molecule has 3 nitrogen and oxygen atoms in total. The number of benzene rings is 11. The summed E-state index contributed by atoms with van der Waals surface area (Å²) in [5.74, 6) is 0. The lowest BCUT2D eigenvalue weighted by Gasteiger charge is -2.27. The van der Waals surface area contributed by atoms with Gasteiger partial charge in [-0.05, 0) is 103 Å². The van der Waals surface area contributed by atoms with Crippen LogP contribution in [0.5, 0.6) is 0 Å². The van der Waals surface area contributed by atoms with Gasteiger partial charge in [-0.3, -0.25) is 0 Å². The molecular formula is C62H39NO2. The maximum absolute atomic E-state index is 6.89. The predicted molar refractivity (Wildman–Crippen MR) is 272 cm³/mol. The minimum atomic E-state index is 0.854. The van der Waals surface area contributed by atoms with E-state index >= 15 is 0 Å². The molecule has 0 atom stereocenters. The summed E-state index contributed by atoms with van der Waals surface area (Å²) in [6.45, 7) is 0. The minimum Gasteiger partial charge on any atom is -0.455 e. The third-order valence-electron chi connectivity index (χ3n) is 13.1. The molecule has 304 valence electrons. The number of para-hydroxylation sites is 2. The molecule has 0 saturated heterocycles. The molecule has 2 heterocycles. The van der Waals surface area contributed by atoms with Crippen LogP contribution in [0.4, 0.5) is 17.1 Å². The van der Waals surface area contributed by atoms with Gasteiger partial charge in [-0.1, -0.05) is 188 Å². The topological polar surface area (TPSA) is 29.5 Å². The highest BCUT2D eigenvalue weighted by molar-refractivity contribution is 6.18. The van der Waals surface area contributed by atoms with Gasteiger partial charge in [0.15, 0.2) is 0 Å². The monoisotopic (exact) mass is 829 g/mol. The van der Waals surface area contributed by atoms with E-state index in [-0.39, 0.29) is 0 Å². The van der Waals surface area contributed by atoms with Gasteiger partial charge < -0.3 is 13.7 Å². The van der Waals surface area contributed by atoms with Gasteiger partial charge in [0.2, 0.25) is 0 Å². The van der Waals surface area contributed by atoms with Crippen molar-refractivity contribution >= 4 is 82.5 Å². The number of rotatable bonds is 7. The fraction of sp³-hybridized carbons (Fsp3) is 0. The van der Waals surface area contributed by atoms with Crippen molar-refractivity contribution in [1.82, 2.24) is 0 Å². The van der Waals surface area contributed by atoms with Gasteiger partial charge in [-0.25, -0.2) is 0 Å². The van der Waals surface area contributed by atoms with E-state index in [0.29, 0.717) is 0 Å². The number of fused-ring (bicyclic) bond motifs is 9. The van der Waals surface area contributed by atoms with Gasteiger partial charge in [0.05, 0.1) is 11.1 Å². The molecule has 0 unspecified atom stereocenters. The molecule has 0 aliphatic rings. The van der Waals surface area contributed by atoms with Crippen LogP contribution in [0.3, 0.4) is 0 Å². The smallest absolute Gasteiger partial charge is 0.145 e. The molecule has 0 spiro atoms. The molecule has 0 saturated carbocycles. The molecule has 2 aromatic heterocycles. The molecule has 0 fully saturated rings. The van der Waals surface area contributed by atoms with Crippen LogP contribution in [-0.4, -0.2) is 0 Å². The maximum Gasteiger partial charge on any atom is 0.145 e. The lowest BCUT2D eigenvalue weighted by atomic mass is 9.96. The van der Waals surface area contributed by atoms with Crippen LogP contribution in [0.15, 0.2) is 245 Å². The van der Waals surface area contributed by atoms with E-state index in [2.05, 4.69) is 235 Å². The number of hydrogen-bond donors (Lipinski definition) is 0. The van der Waals surface area contributed by atoms with E-state index in [9.17, 15) is 0 Å². The number of nitrogens with zero attached hydrogens (tertiary/aromatic N) is 1. The zero-order valence-electron chi connectivity index (χ0n) is 35.3. The van der Waals surface area contributed by atoms with Crippen LogP contribution in [0.2, 0.25) is 0 Å². The predicted octanol–water partition coefficient (Wildman–Crippen LogP) is 17.9. The summed E-state index contributed by atoms with van der Waals surface area (Å²) in [4.78, 5) is 2.40. The highest BCUT2D eigenvalue weighted by Crippen LogP contribution is 2.48. The summed E-state index contributed by atoms with van der Waals surface area (Å²) < 4.78 is 13.6. The van der Waals surface area contributed by atoms with Gasteiger partial charge in [0.25, 0.3) is 0 Å². The Kier molecular flexibility index (Phi) is 8.53. The lowest BCUT2D eigenvalue weighted by molar-refractivity contribution is 0.669. The van der Waals surface area contributed by atoms with Crippen LogP contribution in [-0.2, 0) is 0 Å². The Balaban J connectivity index is 1.00. The van der Waals surface area contributed by atoms with E-state index in [1.807, 2.05) is 6.07 Å². The summed E-state index contributed by atoms with van der Waals surface area (Å²) in [6.07, 6.45) is 0. The van der Waals surface area contributed by atoms with Crippen LogP contribution in [0, 0.1) is 0 Å². The van der Waals surface area contributed by atoms with Crippen molar-refractivity contribution in [3.05, 3.63) is 237 Å². The Hall–Kier alpha value is -8.66. The molecule has 0 radical (unpaired) electrons. The summed E-state index contributed by atoms with van der Waals surface area (Å²) in [6, 6.07) is 84.5. The molecule has 0 aliphatic carbocycles. The Bertz CT molecular complexity index is 3920. The fourth-order valence-corrected chi connectivity index (χ4v) is 9.98. The lowest BCUT2D eigenvalue weighted by Crippen LogP contribution is -2.10. The standard InChI is InChI=1S/C62H39NO2/c1-3-13-40(14-4-1)41-25-27-45(28-26-41)52-37-38-56(60-53-19-9-10-23-57(53)64-62(52)60)63(48-36-33-46-30-29-43-17-7-8-18-49(43)55(46)39-48)47-34-31-44(32-35-47)50-20-12-24-58-59(50)54-22-11-21-51(61(54)65-58)42-15-5-2-6-16-42/h1-39H. The van der Waals surface area contributed by atoms with Crippen molar-refractivity contribution in [2.24, 2.45) is 0 Å². The summed E-state index contributed by atoms with van der Waals surface area (Å²) in [7, 11) is 0. The first kappa shape index (κ1) is 36.9. The molecule has 13 aromatic rings. The van der Waals surface area contributed by atoms with Crippen LogP contribution < -0.4 is 4.90 Å². The molecule has 65 heavy (non-hydrogen) atoms. The Morgan fingerprint density at radius 2 is 0.800 bits per heavy atom. The van der Waals surface area contributed by atoms with E-state index < -0.39 is 0 Å². The van der Waals surface area contributed by atoms with Crippen molar-refractivity contribution in [1.29, 1.82) is 0 Å². The van der Waals surface area contributed by atoms with Crippen molar-refractivity contribution in [3.8, 4) is 44.5 Å². The van der Waals surface area contributed by atoms with Gasteiger partial charge in [0, 0.05) is 38.7 Å².